The Morgan fingerprint density at radius 2 is 2.14 bits per heavy atom. The Morgan fingerprint density at radius 1 is 1.29 bits per heavy atom. The summed E-state index contributed by atoms with van der Waals surface area (Å²) in [7, 11) is 0. The number of halogens is 2. The van der Waals surface area contributed by atoms with Crippen LogP contribution >= 0.6 is 15.9 Å². The Hall–Kier alpha value is -1.88. The second-order valence-corrected chi connectivity index (χ2v) is 5.88. The highest BCUT2D eigenvalue weighted by molar-refractivity contribution is 9.10. The molecule has 1 amide bonds. The summed E-state index contributed by atoms with van der Waals surface area (Å²) in [5, 5.41) is 5.99. The van der Waals surface area contributed by atoms with E-state index in [1.807, 2.05) is 12.1 Å². The lowest BCUT2D eigenvalue weighted by molar-refractivity contribution is 0.0950. The fraction of sp³-hybridized carbons (Fsp3) is 0.188. The van der Waals surface area contributed by atoms with Crippen molar-refractivity contribution in [1.82, 2.24) is 5.32 Å². The molecule has 21 heavy (non-hydrogen) atoms. The van der Waals surface area contributed by atoms with Crippen LogP contribution in [0.2, 0.25) is 0 Å². The molecule has 0 bridgehead atoms. The zero-order valence-electron chi connectivity index (χ0n) is 11.2. The Bertz CT molecular complexity index is 703. The highest BCUT2D eigenvalue weighted by Crippen LogP contribution is 2.23. The second-order valence-electron chi connectivity index (χ2n) is 4.97. The number of hydrogen-bond acceptors (Lipinski definition) is 2. The van der Waals surface area contributed by atoms with Crippen LogP contribution in [-0.4, -0.2) is 12.5 Å². The molecule has 0 radical (unpaired) electrons. The van der Waals surface area contributed by atoms with Crippen molar-refractivity contribution in [1.29, 1.82) is 0 Å². The van der Waals surface area contributed by atoms with Crippen LogP contribution in [-0.2, 0) is 13.0 Å². The molecule has 0 spiro atoms. The topological polar surface area (TPSA) is 41.1 Å². The molecule has 0 atom stereocenters. The van der Waals surface area contributed by atoms with Gasteiger partial charge in [-0.05, 0) is 42.3 Å². The van der Waals surface area contributed by atoms with Crippen molar-refractivity contribution in [2.75, 3.05) is 11.9 Å². The number of amides is 1. The quantitative estimate of drug-likeness (QED) is 0.891. The van der Waals surface area contributed by atoms with Gasteiger partial charge in [-0.2, -0.15) is 0 Å². The van der Waals surface area contributed by atoms with Gasteiger partial charge in [0.25, 0.3) is 5.91 Å². The molecule has 2 N–H and O–H groups in total. The van der Waals surface area contributed by atoms with Gasteiger partial charge in [-0.3, -0.25) is 4.79 Å². The molecule has 0 aromatic heterocycles. The molecule has 1 aliphatic rings. The highest BCUT2D eigenvalue weighted by Gasteiger charge is 2.13. The van der Waals surface area contributed by atoms with Gasteiger partial charge in [-0.1, -0.05) is 22.0 Å². The first-order valence-corrected chi connectivity index (χ1v) is 7.52. The molecule has 0 aliphatic carbocycles. The molecule has 0 saturated heterocycles. The van der Waals surface area contributed by atoms with Crippen molar-refractivity contribution in [2.45, 2.75) is 13.0 Å². The van der Waals surface area contributed by atoms with Gasteiger partial charge in [0.15, 0.2) is 0 Å². The van der Waals surface area contributed by atoms with E-state index in [2.05, 4.69) is 26.6 Å². The molecule has 2 aromatic carbocycles. The summed E-state index contributed by atoms with van der Waals surface area (Å²) in [6.07, 6.45) is 0.987. The third-order valence-corrected chi connectivity index (χ3v) is 4.02. The van der Waals surface area contributed by atoms with Gasteiger partial charge in [-0.25, -0.2) is 4.39 Å². The smallest absolute Gasteiger partial charge is 0.251 e. The third kappa shape index (κ3) is 3.08. The monoisotopic (exact) mass is 348 g/mol. The van der Waals surface area contributed by atoms with Crippen LogP contribution in [0.25, 0.3) is 0 Å². The van der Waals surface area contributed by atoms with E-state index in [4.69, 9.17) is 0 Å². The Morgan fingerprint density at radius 3 is 3.00 bits per heavy atom. The van der Waals surface area contributed by atoms with E-state index in [9.17, 15) is 9.18 Å². The first-order valence-electron chi connectivity index (χ1n) is 6.72. The van der Waals surface area contributed by atoms with Crippen molar-refractivity contribution in [2.24, 2.45) is 0 Å². The van der Waals surface area contributed by atoms with Crippen LogP contribution in [0.3, 0.4) is 0 Å². The standard InChI is InChI=1S/C16H14BrFN2O/c17-13-3-4-14(18)12(7-13)9-20-16(21)11-2-1-10-5-6-19-15(10)8-11/h1-4,7-8,19H,5-6,9H2,(H,20,21). The molecule has 1 heterocycles. The number of carbonyl (C=O) groups is 1. The van der Waals surface area contributed by atoms with E-state index < -0.39 is 0 Å². The van der Waals surface area contributed by atoms with E-state index >= 15 is 0 Å². The molecule has 0 fully saturated rings. The summed E-state index contributed by atoms with van der Waals surface area (Å²) in [6.45, 7) is 1.07. The Labute approximate surface area is 130 Å². The zero-order chi connectivity index (χ0) is 14.8. The number of anilines is 1. The highest BCUT2D eigenvalue weighted by atomic mass is 79.9. The predicted molar refractivity (Wildman–Crippen MR) is 83.9 cm³/mol. The SMILES string of the molecule is O=C(NCc1cc(Br)ccc1F)c1ccc2c(c1)NCC2. The van der Waals surface area contributed by atoms with Crippen LogP contribution in [0.15, 0.2) is 40.9 Å². The minimum Gasteiger partial charge on any atom is -0.384 e. The fourth-order valence-electron chi connectivity index (χ4n) is 2.39. The lowest BCUT2D eigenvalue weighted by Gasteiger charge is -2.08. The van der Waals surface area contributed by atoms with Crippen molar-refractivity contribution in [3.8, 4) is 0 Å². The normalized spacial score (nSPS) is 12.7. The maximum absolute atomic E-state index is 13.6. The van der Waals surface area contributed by atoms with Gasteiger partial charge in [0, 0.05) is 34.4 Å². The molecule has 0 saturated carbocycles. The number of hydrogen-bond donors (Lipinski definition) is 2. The van der Waals surface area contributed by atoms with Crippen LogP contribution in [0.5, 0.6) is 0 Å². The van der Waals surface area contributed by atoms with Gasteiger partial charge in [0.2, 0.25) is 0 Å². The lowest BCUT2D eigenvalue weighted by Crippen LogP contribution is -2.23. The van der Waals surface area contributed by atoms with E-state index in [0.717, 1.165) is 23.1 Å². The van der Waals surface area contributed by atoms with Crippen LogP contribution in [0.4, 0.5) is 10.1 Å². The minimum absolute atomic E-state index is 0.161. The summed E-state index contributed by atoms with van der Waals surface area (Å²) in [5.74, 6) is -0.528. The van der Waals surface area contributed by atoms with Crippen molar-refractivity contribution < 1.29 is 9.18 Å². The minimum atomic E-state index is -0.325. The summed E-state index contributed by atoms with van der Waals surface area (Å²) >= 11 is 3.29. The van der Waals surface area contributed by atoms with Gasteiger partial charge < -0.3 is 10.6 Å². The molecule has 108 valence electrons. The van der Waals surface area contributed by atoms with Crippen LogP contribution in [0, 0.1) is 5.82 Å². The average Bonchev–Trinajstić information content (AvgIpc) is 2.95. The Kier molecular flexibility index (Phi) is 3.92. The predicted octanol–water partition coefficient (Wildman–Crippen LogP) is 3.49. The zero-order valence-corrected chi connectivity index (χ0v) is 12.8. The van der Waals surface area contributed by atoms with Gasteiger partial charge >= 0.3 is 0 Å². The largest absolute Gasteiger partial charge is 0.384 e. The van der Waals surface area contributed by atoms with Gasteiger partial charge in [0.1, 0.15) is 5.82 Å². The number of rotatable bonds is 3. The summed E-state index contributed by atoms with van der Waals surface area (Å²) in [5.41, 5.74) is 3.27. The Balaban J connectivity index is 1.70. The maximum Gasteiger partial charge on any atom is 0.251 e. The number of fused-ring (bicyclic) bond motifs is 1. The number of carbonyl (C=O) groups excluding carboxylic acids is 1. The molecule has 0 unspecified atom stereocenters. The molecule has 5 heteroatoms. The molecular formula is C16H14BrFN2O. The first-order chi connectivity index (χ1) is 10.1. The average molecular weight is 349 g/mol. The molecular weight excluding hydrogens is 335 g/mol. The lowest BCUT2D eigenvalue weighted by atomic mass is 10.1. The van der Waals surface area contributed by atoms with Crippen molar-refractivity contribution >= 4 is 27.5 Å². The molecule has 1 aliphatic heterocycles. The molecule has 2 aromatic rings. The summed E-state index contributed by atoms with van der Waals surface area (Å²) in [4.78, 5) is 12.1. The molecule has 3 rings (SSSR count). The first kappa shape index (κ1) is 14.1. The summed E-state index contributed by atoms with van der Waals surface area (Å²) in [6, 6.07) is 10.3. The number of nitrogens with one attached hydrogen (secondary N) is 2. The van der Waals surface area contributed by atoms with E-state index in [0.29, 0.717) is 11.1 Å². The van der Waals surface area contributed by atoms with Gasteiger partial charge in [0.05, 0.1) is 0 Å². The second kappa shape index (κ2) is 5.85. The van der Waals surface area contributed by atoms with E-state index in [1.54, 1.807) is 18.2 Å². The van der Waals surface area contributed by atoms with Gasteiger partial charge in [-0.15, -0.1) is 0 Å². The summed E-state index contributed by atoms with van der Waals surface area (Å²) < 4.78 is 14.4. The third-order valence-electron chi connectivity index (χ3n) is 3.53. The molecule has 3 nitrogen and oxygen atoms in total. The maximum atomic E-state index is 13.6. The van der Waals surface area contributed by atoms with Crippen molar-refractivity contribution in [3.63, 3.8) is 0 Å². The van der Waals surface area contributed by atoms with Crippen LogP contribution < -0.4 is 10.6 Å². The van der Waals surface area contributed by atoms with Crippen LogP contribution in [0.1, 0.15) is 21.5 Å². The number of benzene rings is 2. The van der Waals surface area contributed by atoms with E-state index in [-0.39, 0.29) is 18.3 Å². The van der Waals surface area contributed by atoms with E-state index in [1.165, 1.54) is 11.6 Å². The fourth-order valence-corrected chi connectivity index (χ4v) is 2.80. The van der Waals surface area contributed by atoms with Crippen molar-refractivity contribution in [3.05, 3.63) is 63.4 Å².